The van der Waals surface area contributed by atoms with Crippen LogP contribution >= 0.6 is 11.3 Å². The predicted molar refractivity (Wildman–Crippen MR) is 97.6 cm³/mol. The van der Waals surface area contributed by atoms with E-state index in [1.165, 1.54) is 35.9 Å². The van der Waals surface area contributed by atoms with Crippen molar-refractivity contribution in [2.24, 2.45) is 5.10 Å². The molecule has 6 nitrogen and oxygen atoms in total. The quantitative estimate of drug-likeness (QED) is 0.477. The number of fused-ring (bicyclic) bond motifs is 1. The Kier molecular flexibility index (Phi) is 6.01. The van der Waals surface area contributed by atoms with E-state index in [2.05, 4.69) is 10.5 Å². The number of aliphatic carboxylic acids is 1. The van der Waals surface area contributed by atoms with Crippen LogP contribution in [0.5, 0.6) is 5.75 Å². The first-order chi connectivity index (χ1) is 12.6. The van der Waals surface area contributed by atoms with Gasteiger partial charge in [-0.3, -0.25) is 4.79 Å². The lowest BCUT2D eigenvalue weighted by molar-refractivity contribution is -0.307. The Morgan fingerprint density at radius 1 is 1.19 bits per heavy atom. The number of aryl methyl sites for hydroxylation is 2. The van der Waals surface area contributed by atoms with Crippen molar-refractivity contribution in [2.45, 2.75) is 32.1 Å². The van der Waals surface area contributed by atoms with Crippen molar-refractivity contribution in [1.29, 1.82) is 0 Å². The van der Waals surface area contributed by atoms with Gasteiger partial charge in [-0.2, -0.15) is 5.10 Å². The van der Waals surface area contributed by atoms with Gasteiger partial charge in [-0.25, -0.2) is 5.43 Å². The highest BCUT2D eigenvalue weighted by Crippen LogP contribution is 2.28. The van der Waals surface area contributed by atoms with Crippen LogP contribution in [0.3, 0.4) is 0 Å². The van der Waals surface area contributed by atoms with Gasteiger partial charge in [0.15, 0.2) is 0 Å². The number of hydrogen-bond donors (Lipinski definition) is 1. The molecule has 2 aromatic rings. The lowest BCUT2D eigenvalue weighted by atomic mass is 10.1. The maximum atomic E-state index is 12.2. The Morgan fingerprint density at radius 3 is 2.73 bits per heavy atom. The minimum absolute atomic E-state index is 0.201. The van der Waals surface area contributed by atoms with E-state index in [0.717, 1.165) is 18.4 Å². The largest absolute Gasteiger partial charge is 0.546 e. The van der Waals surface area contributed by atoms with Crippen LogP contribution in [0.2, 0.25) is 0 Å². The molecular weight excluding hydrogens is 352 g/mol. The van der Waals surface area contributed by atoms with Gasteiger partial charge in [-0.05, 0) is 67.1 Å². The second-order valence-corrected chi connectivity index (χ2v) is 7.19. The van der Waals surface area contributed by atoms with E-state index in [1.54, 1.807) is 35.6 Å². The summed E-state index contributed by atoms with van der Waals surface area (Å²) in [7, 11) is 0. The zero-order chi connectivity index (χ0) is 18.4. The van der Waals surface area contributed by atoms with Crippen LogP contribution in [0, 0.1) is 0 Å². The zero-order valence-corrected chi connectivity index (χ0v) is 15.0. The Bertz CT molecular complexity index is 788. The Hall–Kier alpha value is -2.67. The van der Waals surface area contributed by atoms with Crippen LogP contribution in [-0.2, 0) is 17.6 Å². The number of hydrazone groups is 1. The van der Waals surface area contributed by atoms with E-state index >= 15 is 0 Å². The number of ether oxygens (including phenoxy) is 1. The first-order valence-corrected chi connectivity index (χ1v) is 9.31. The molecule has 1 aliphatic carbocycles. The molecule has 0 spiro atoms. The summed E-state index contributed by atoms with van der Waals surface area (Å²) < 4.78 is 5.00. The topological polar surface area (TPSA) is 90.8 Å². The summed E-state index contributed by atoms with van der Waals surface area (Å²) in [5, 5.41) is 14.3. The number of rotatable bonds is 6. The van der Waals surface area contributed by atoms with Crippen LogP contribution in [0.25, 0.3) is 0 Å². The SMILES string of the molecule is O=C([O-])COc1ccc(/C=N\NC(=O)c2cc3c(s2)CCCCC3)cc1. The summed E-state index contributed by atoms with van der Waals surface area (Å²) in [5.41, 5.74) is 4.61. The van der Waals surface area contributed by atoms with Gasteiger partial charge in [0, 0.05) is 4.88 Å². The molecule has 7 heteroatoms. The maximum Gasteiger partial charge on any atom is 0.281 e. The maximum absolute atomic E-state index is 12.2. The molecule has 0 atom stereocenters. The first-order valence-electron chi connectivity index (χ1n) is 8.49. The molecule has 1 aromatic heterocycles. The van der Waals surface area contributed by atoms with Crippen LogP contribution in [0.1, 0.15) is 44.9 Å². The molecule has 136 valence electrons. The molecule has 0 saturated heterocycles. The van der Waals surface area contributed by atoms with E-state index in [0.29, 0.717) is 10.6 Å². The Labute approximate surface area is 155 Å². The van der Waals surface area contributed by atoms with Crippen molar-refractivity contribution >= 4 is 29.4 Å². The summed E-state index contributed by atoms with van der Waals surface area (Å²) in [5.74, 6) is -1.05. The molecule has 26 heavy (non-hydrogen) atoms. The van der Waals surface area contributed by atoms with Gasteiger partial charge in [0.1, 0.15) is 12.4 Å². The zero-order valence-electron chi connectivity index (χ0n) is 14.2. The fourth-order valence-corrected chi connectivity index (χ4v) is 3.94. The number of thiophene rings is 1. The smallest absolute Gasteiger partial charge is 0.281 e. The van der Waals surface area contributed by atoms with E-state index in [9.17, 15) is 14.7 Å². The fraction of sp³-hybridized carbons (Fsp3) is 0.316. The number of hydrogen-bond acceptors (Lipinski definition) is 6. The molecule has 0 bridgehead atoms. The van der Waals surface area contributed by atoms with E-state index < -0.39 is 12.6 Å². The fourth-order valence-electron chi connectivity index (χ4n) is 2.79. The second-order valence-electron chi connectivity index (χ2n) is 6.05. The summed E-state index contributed by atoms with van der Waals surface area (Å²) in [6.07, 6.45) is 7.27. The summed E-state index contributed by atoms with van der Waals surface area (Å²) in [6.45, 7) is -0.492. The lowest BCUT2D eigenvalue weighted by Gasteiger charge is -2.06. The average molecular weight is 371 g/mol. The average Bonchev–Trinajstić information content (AvgIpc) is 2.92. The number of carboxylic acids is 1. The van der Waals surface area contributed by atoms with Gasteiger partial charge >= 0.3 is 0 Å². The van der Waals surface area contributed by atoms with Gasteiger partial charge < -0.3 is 14.6 Å². The van der Waals surface area contributed by atoms with Gasteiger partial charge in [0.2, 0.25) is 0 Å². The van der Waals surface area contributed by atoms with Crippen molar-refractivity contribution in [3.05, 3.63) is 51.2 Å². The van der Waals surface area contributed by atoms with E-state index in [4.69, 9.17) is 4.74 Å². The number of amides is 1. The summed E-state index contributed by atoms with van der Waals surface area (Å²) in [6, 6.07) is 8.67. The molecule has 1 N–H and O–H groups in total. The first kappa shape index (κ1) is 18.1. The molecule has 1 aromatic carbocycles. The van der Waals surface area contributed by atoms with Crippen molar-refractivity contribution in [1.82, 2.24) is 5.43 Å². The number of carbonyl (C=O) groups is 2. The lowest BCUT2D eigenvalue weighted by Crippen LogP contribution is -2.28. The molecule has 1 amide bonds. The van der Waals surface area contributed by atoms with Crippen LogP contribution in [-0.4, -0.2) is 24.7 Å². The summed E-state index contributed by atoms with van der Waals surface area (Å²) in [4.78, 5) is 24.6. The normalized spacial score (nSPS) is 13.8. The molecule has 0 unspecified atom stereocenters. The minimum atomic E-state index is -1.27. The third kappa shape index (κ3) is 4.92. The van der Waals surface area contributed by atoms with Gasteiger partial charge in [-0.1, -0.05) is 6.42 Å². The number of carboxylic acid groups (broad SMARTS) is 1. The molecule has 0 saturated carbocycles. The van der Waals surface area contributed by atoms with Crippen molar-refractivity contribution in [3.8, 4) is 5.75 Å². The summed E-state index contributed by atoms with van der Waals surface area (Å²) >= 11 is 1.56. The van der Waals surface area contributed by atoms with Crippen LogP contribution < -0.4 is 15.3 Å². The van der Waals surface area contributed by atoms with Crippen molar-refractivity contribution in [2.75, 3.05) is 6.61 Å². The highest BCUT2D eigenvalue weighted by atomic mass is 32.1. The third-order valence-electron chi connectivity index (χ3n) is 4.09. The van der Waals surface area contributed by atoms with Crippen molar-refractivity contribution < 1.29 is 19.4 Å². The minimum Gasteiger partial charge on any atom is -0.546 e. The molecular formula is C19H19N2O4S-. The van der Waals surface area contributed by atoms with Crippen LogP contribution in [0.4, 0.5) is 0 Å². The molecule has 1 heterocycles. The van der Waals surface area contributed by atoms with Crippen LogP contribution in [0.15, 0.2) is 35.4 Å². The molecule has 0 fully saturated rings. The number of benzene rings is 1. The predicted octanol–water partition coefficient (Wildman–Crippen LogP) is 1.91. The highest BCUT2D eigenvalue weighted by molar-refractivity contribution is 7.14. The van der Waals surface area contributed by atoms with Gasteiger partial charge in [0.25, 0.3) is 5.91 Å². The van der Waals surface area contributed by atoms with E-state index in [-0.39, 0.29) is 5.91 Å². The monoisotopic (exact) mass is 371 g/mol. The highest BCUT2D eigenvalue weighted by Gasteiger charge is 2.15. The number of nitrogens with one attached hydrogen (secondary N) is 1. The molecule has 0 radical (unpaired) electrons. The molecule has 1 aliphatic rings. The third-order valence-corrected chi connectivity index (χ3v) is 5.32. The number of nitrogens with zero attached hydrogens (tertiary/aromatic N) is 1. The van der Waals surface area contributed by atoms with Gasteiger partial charge in [0.05, 0.1) is 17.1 Å². The molecule has 3 rings (SSSR count). The Morgan fingerprint density at radius 2 is 1.96 bits per heavy atom. The second kappa shape index (κ2) is 8.62. The van der Waals surface area contributed by atoms with Crippen molar-refractivity contribution in [3.63, 3.8) is 0 Å². The van der Waals surface area contributed by atoms with Gasteiger partial charge in [-0.15, -0.1) is 11.3 Å². The number of carbonyl (C=O) groups excluding carboxylic acids is 2. The Balaban J connectivity index is 1.54. The standard InChI is InChI=1S/C19H20N2O4S/c22-18(23)12-25-15-8-6-13(7-9-15)11-20-21-19(24)17-10-14-4-2-1-3-5-16(14)26-17/h6-11H,1-5,12H2,(H,21,24)(H,22,23)/p-1/b20-11-. The molecule has 0 aliphatic heterocycles. The van der Waals surface area contributed by atoms with E-state index in [1.807, 2.05) is 6.07 Å².